The fourth-order valence-corrected chi connectivity index (χ4v) is 3.75. The second kappa shape index (κ2) is 15.4. The molecule has 1 aliphatic heterocycles. The standard InChI is InChI=1S/C24H21N5O3.2C2HF3O2/c30-24(20-7-4-12-26-23(20)31-19-5-2-1-3-6-19)29-15-10-18(11-16-29)22-27-21(28-32-22)17-8-13-25-14-9-17;2*3-2(4,5)1(6)7/h1-9,12-14,18H,10-11,15-16H2;2*(H,6,7). The summed E-state index contributed by atoms with van der Waals surface area (Å²) in [7, 11) is 0. The molecule has 0 bridgehead atoms. The molecule has 4 aromatic rings. The van der Waals surface area contributed by atoms with E-state index in [1.165, 1.54) is 0 Å². The van der Waals surface area contributed by atoms with Crippen LogP contribution in [0.3, 0.4) is 0 Å². The van der Waals surface area contributed by atoms with Crippen LogP contribution in [0.2, 0.25) is 0 Å². The number of hydrogen-bond acceptors (Lipinski definition) is 9. The van der Waals surface area contributed by atoms with E-state index in [9.17, 15) is 31.1 Å². The van der Waals surface area contributed by atoms with E-state index in [-0.39, 0.29) is 11.8 Å². The Morgan fingerprint density at radius 3 is 1.93 bits per heavy atom. The summed E-state index contributed by atoms with van der Waals surface area (Å²) in [5.41, 5.74) is 1.32. The molecule has 5 rings (SSSR count). The number of aliphatic carboxylic acids is 2. The first-order valence-electron chi connectivity index (χ1n) is 13.0. The van der Waals surface area contributed by atoms with Gasteiger partial charge in [0.05, 0.1) is 0 Å². The Balaban J connectivity index is 0.000000345. The number of rotatable bonds is 5. The maximum absolute atomic E-state index is 13.2. The lowest BCUT2D eigenvalue weighted by Gasteiger charge is -2.30. The number of pyridine rings is 2. The monoisotopic (exact) mass is 655 g/mol. The van der Waals surface area contributed by atoms with Gasteiger partial charge in [-0.25, -0.2) is 14.6 Å². The number of likely N-dealkylation sites (tertiary alicyclic amines) is 1. The molecule has 4 heterocycles. The van der Waals surface area contributed by atoms with Gasteiger partial charge in [0.25, 0.3) is 5.91 Å². The van der Waals surface area contributed by atoms with Crippen molar-refractivity contribution in [2.45, 2.75) is 31.1 Å². The van der Waals surface area contributed by atoms with Gasteiger partial charge in [-0.05, 0) is 49.2 Å². The zero-order valence-corrected chi connectivity index (χ0v) is 23.3. The molecule has 0 saturated carbocycles. The first-order valence-corrected chi connectivity index (χ1v) is 13.0. The number of carboxylic acids is 2. The van der Waals surface area contributed by atoms with Crippen molar-refractivity contribution in [1.29, 1.82) is 0 Å². The Kier molecular flexibility index (Phi) is 11.7. The molecule has 1 amide bonds. The van der Waals surface area contributed by atoms with Gasteiger partial charge in [-0.15, -0.1) is 0 Å². The number of benzene rings is 1. The zero-order valence-electron chi connectivity index (χ0n) is 23.3. The van der Waals surface area contributed by atoms with Gasteiger partial charge in [-0.2, -0.15) is 31.3 Å². The molecule has 1 saturated heterocycles. The van der Waals surface area contributed by atoms with Gasteiger partial charge in [0.15, 0.2) is 0 Å². The minimum Gasteiger partial charge on any atom is -0.475 e. The molecule has 1 fully saturated rings. The number of piperidine rings is 1. The van der Waals surface area contributed by atoms with Gasteiger partial charge >= 0.3 is 24.3 Å². The van der Waals surface area contributed by atoms with E-state index in [2.05, 4.69) is 20.1 Å². The Morgan fingerprint density at radius 2 is 1.39 bits per heavy atom. The summed E-state index contributed by atoms with van der Waals surface area (Å²) in [6, 6.07) is 16.5. The lowest BCUT2D eigenvalue weighted by Crippen LogP contribution is -2.38. The van der Waals surface area contributed by atoms with Crippen molar-refractivity contribution in [2.24, 2.45) is 0 Å². The normalized spacial score (nSPS) is 13.4. The van der Waals surface area contributed by atoms with Crippen molar-refractivity contribution in [2.75, 3.05) is 13.1 Å². The van der Waals surface area contributed by atoms with Crippen LogP contribution in [0.15, 0.2) is 77.7 Å². The number of carboxylic acid groups (broad SMARTS) is 2. The number of ether oxygens (including phenoxy) is 1. The summed E-state index contributed by atoms with van der Waals surface area (Å²) >= 11 is 0. The van der Waals surface area contributed by atoms with E-state index < -0.39 is 24.3 Å². The van der Waals surface area contributed by atoms with Crippen LogP contribution in [0.5, 0.6) is 11.6 Å². The smallest absolute Gasteiger partial charge is 0.475 e. The molecule has 0 aliphatic carbocycles. The number of nitrogens with zero attached hydrogens (tertiary/aromatic N) is 5. The highest BCUT2D eigenvalue weighted by Crippen LogP contribution is 2.30. The van der Waals surface area contributed by atoms with Gasteiger partial charge in [0.2, 0.25) is 17.6 Å². The van der Waals surface area contributed by atoms with Gasteiger partial charge < -0.3 is 24.4 Å². The molecule has 18 heteroatoms. The zero-order chi connectivity index (χ0) is 33.9. The van der Waals surface area contributed by atoms with Crippen molar-refractivity contribution in [3.8, 4) is 23.0 Å². The van der Waals surface area contributed by atoms with Crippen LogP contribution in [0.1, 0.15) is 35.0 Å². The highest BCUT2D eigenvalue weighted by molar-refractivity contribution is 5.96. The Hall–Kier alpha value is -5.55. The minimum atomic E-state index is -5.08. The Morgan fingerprint density at radius 1 is 0.826 bits per heavy atom. The number of para-hydroxylation sites is 1. The van der Waals surface area contributed by atoms with Crippen molar-refractivity contribution in [1.82, 2.24) is 25.0 Å². The van der Waals surface area contributed by atoms with Crippen molar-refractivity contribution in [3.63, 3.8) is 0 Å². The predicted octanol–water partition coefficient (Wildman–Crippen LogP) is 5.61. The summed E-state index contributed by atoms with van der Waals surface area (Å²) < 4.78 is 74.8. The number of carbonyl (C=O) groups is 3. The van der Waals surface area contributed by atoms with E-state index in [0.717, 1.165) is 18.4 Å². The molecule has 0 spiro atoms. The second-order valence-corrected chi connectivity index (χ2v) is 9.14. The largest absolute Gasteiger partial charge is 0.490 e. The maximum atomic E-state index is 13.2. The average molecular weight is 656 g/mol. The fourth-order valence-electron chi connectivity index (χ4n) is 3.75. The summed E-state index contributed by atoms with van der Waals surface area (Å²) in [5.74, 6) is -3.37. The van der Waals surface area contributed by atoms with Crippen molar-refractivity contribution < 1.29 is 60.2 Å². The molecule has 1 aliphatic rings. The molecule has 12 nitrogen and oxygen atoms in total. The second-order valence-electron chi connectivity index (χ2n) is 9.14. The summed E-state index contributed by atoms with van der Waals surface area (Å²) in [6.07, 6.45) is -3.65. The summed E-state index contributed by atoms with van der Waals surface area (Å²) in [4.78, 5) is 45.6. The molecule has 244 valence electrons. The Labute approximate surface area is 255 Å². The number of halogens is 6. The molecular formula is C28H23F6N5O7. The van der Waals surface area contributed by atoms with Crippen LogP contribution in [0, 0.1) is 0 Å². The third-order valence-corrected chi connectivity index (χ3v) is 5.96. The molecule has 2 N–H and O–H groups in total. The maximum Gasteiger partial charge on any atom is 0.490 e. The molecule has 46 heavy (non-hydrogen) atoms. The van der Waals surface area contributed by atoms with E-state index >= 15 is 0 Å². The van der Waals surface area contributed by atoms with Crippen LogP contribution in [-0.2, 0) is 9.59 Å². The molecule has 0 radical (unpaired) electrons. The predicted molar refractivity (Wildman–Crippen MR) is 144 cm³/mol. The number of alkyl halides is 6. The summed E-state index contributed by atoms with van der Waals surface area (Å²) in [5, 5.41) is 18.3. The molecule has 0 unspecified atom stereocenters. The molecule has 3 aromatic heterocycles. The van der Waals surface area contributed by atoms with Gasteiger partial charge in [-0.1, -0.05) is 23.4 Å². The van der Waals surface area contributed by atoms with E-state index in [4.69, 9.17) is 29.1 Å². The topological polar surface area (TPSA) is 169 Å². The SMILES string of the molecule is O=C(O)C(F)(F)F.O=C(O)C(F)(F)F.O=C(c1cccnc1Oc1ccccc1)N1CCC(c2nc(-c3ccncc3)no2)CC1. The fraction of sp³-hybridized carbons (Fsp3) is 0.250. The van der Waals surface area contributed by atoms with E-state index in [1.807, 2.05) is 47.4 Å². The highest BCUT2D eigenvalue weighted by atomic mass is 19.4. The quantitative estimate of drug-likeness (QED) is 0.257. The third-order valence-electron chi connectivity index (χ3n) is 5.96. The van der Waals surface area contributed by atoms with Gasteiger partial charge in [0.1, 0.15) is 11.3 Å². The van der Waals surface area contributed by atoms with Crippen LogP contribution in [-0.4, -0.2) is 78.5 Å². The first-order chi connectivity index (χ1) is 21.7. The van der Waals surface area contributed by atoms with E-state index in [0.29, 0.717) is 42.0 Å². The molecular weight excluding hydrogens is 632 g/mol. The van der Waals surface area contributed by atoms with Crippen LogP contribution >= 0.6 is 0 Å². The third kappa shape index (κ3) is 10.3. The first kappa shape index (κ1) is 34.9. The van der Waals surface area contributed by atoms with Crippen LogP contribution < -0.4 is 4.74 Å². The van der Waals surface area contributed by atoms with Crippen LogP contribution in [0.25, 0.3) is 11.4 Å². The Bertz CT molecular complexity index is 1570. The summed E-state index contributed by atoms with van der Waals surface area (Å²) in [6.45, 7) is 1.19. The molecule has 1 aromatic carbocycles. The van der Waals surface area contributed by atoms with Crippen molar-refractivity contribution in [3.05, 3.63) is 84.6 Å². The number of hydrogen-bond donors (Lipinski definition) is 2. The van der Waals surface area contributed by atoms with Gasteiger partial charge in [-0.3, -0.25) is 9.78 Å². The van der Waals surface area contributed by atoms with E-state index in [1.54, 1.807) is 30.7 Å². The molecule has 0 atom stereocenters. The van der Waals surface area contributed by atoms with Gasteiger partial charge in [0, 0.05) is 43.2 Å². The average Bonchev–Trinajstić information content (AvgIpc) is 3.52. The highest BCUT2D eigenvalue weighted by Gasteiger charge is 2.39. The van der Waals surface area contributed by atoms with Crippen molar-refractivity contribution >= 4 is 17.8 Å². The number of aromatic nitrogens is 4. The minimum absolute atomic E-state index is 0.0921. The number of amides is 1. The lowest BCUT2D eigenvalue weighted by molar-refractivity contribution is -0.193. The van der Waals surface area contributed by atoms with Crippen LogP contribution in [0.4, 0.5) is 26.3 Å². The number of carbonyl (C=O) groups excluding carboxylic acids is 1. The lowest BCUT2D eigenvalue weighted by atomic mass is 9.96.